The fraction of sp³-hybridized carbons (Fsp3) is 0.400. The van der Waals surface area contributed by atoms with Crippen molar-refractivity contribution >= 4 is 17.3 Å². The number of carbonyl (C=O) groups excluding carboxylic acids is 1. The van der Waals surface area contributed by atoms with Crippen molar-refractivity contribution in [1.82, 2.24) is 4.90 Å². The van der Waals surface area contributed by atoms with E-state index in [1.165, 1.54) is 17.6 Å². The lowest BCUT2D eigenvalue weighted by Gasteiger charge is -2.11. The summed E-state index contributed by atoms with van der Waals surface area (Å²) >= 11 is 0. The van der Waals surface area contributed by atoms with Crippen LogP contribution in [0, 0.1) is 6.92 Å². The summed E-state index contributed by atoms with van der Waals surface area (Å²) in [4.78, 5) is 23.3. The van der Waals surface area contributed by atoms with Crippen LogP contribution in [0.15, 0.2) is 34.6 Å². The Balaban J connectivity index is 2.71. The first-order chi connectivity index (χ1) is 9.95. The third-order valence-electron chi connectivity index (χ3n) is 2.69. The van der Waals surface area contributed by atoms with Crippen LogP contribution in [0.4, 0.5) is 0 Å². The molecule has 0 unspecified atom stereocenters. The predicted octanol–water partition coefficient (Wildman–Crippen LogP) is 1.98. The predicted molar refractivity (Wildman–Crippen MR) is 82.2 cm³/mol. The topological polar surface area (TPSA) is 63.5 Å². The molecule has 0 N–H and O–H groups in total. The molecule has 0 aromatic heterocycles. The van der Waals surface area contributed by atoms with Gasteiger partial charge in [-0.25, -0.2) is 0 Å². The van der Waals surface area contributed by atoms with E-state index in [4.69, 9.17) is 4.84 Å². The molecule has 1 aromatic rings. The van der Waals surface area contributed by atoms with Crippen molar-refractivity contribution in [2.45, 2.75) is 20.5 Å². The molecule has 21 heavy (non-hydrogen) atoms. The zero-order valence-electron chi connectivity index (χ0n) is 13.1. The molecule has 6 nitrogen and oxygen atoms in total. The maximum Gasteiger partial charge on any atom is 0.277 e. The Hall–Kier alpha value is -2.37. The number of amides is 1. The van der Waals surface area contributed by atoms with Crippen LogP contribution in [0.2, 0.25) is 0 Å². The SMILES string of the molecule is CON=C(C(=O)N(C)C)C(C)=NOCc1ccc(C)cc1. The summed E-state index contributed by atoms with van der Waals surface area (Å²) in [6, 6.07) is 7.94. The Morgan fingerprint density at radius 2 is 1.81 bits per heavy atom. The lowest BCUT2D eigenvalue weighted by molar-refractivity contribution is -0.121. The number of oxime groups is 2. The summed E-state index contributed by atoms with van der Waals surface area (Å²) in [6.07, 6.45) is 0. The van der Waals surface area contributed by atoms with Crippen LogP contribution in [0.1, 0.15) is 18.1 Å². The van der Waals surface area contributed by atoms with Crippen LogP contribution in [-0.2, 0) is 21.1 Å². The van der Waals surface area contributed by atoms with Gasteiger partial charge in [0.1, 0.15) is 19.4 Å². The zero-order chi connectivity index (χ0) is 15.8. The average Bonchev–Trinajstić information content (AvgIpc) is 2.45. The van der Waals surface area contributed by atoms with Gasteiger partial charge in [0.2, 0.25) is 0 Å². The van der Waals surface area contributed by atoms with E-state index < -0.39 is 0 Å². The minimum atomic E-state index is -0.294. The molecule has 0 radical (unpaired) electrons. The Kier molecular flexibility index (Phi) is 6.39. The second-order valence-corrected chi connectivity index (χ2v) is 4.76. The molecule has 114 valence electrons. The molecule has 0 atom stereocenters. The summed E-state index contributed by atoms with van der Waals surface area (Å²) in [5.41, 5.74) is 2.67. The van der Waals surface area contributed by atoms with E-state index in [0.717, 1.165) is 5.56 Å². The van der Waals surface area contributed by atoms with Gasteiger partial charge in [-0.3, -0.25) is 4.79 Å². The van der Waals surface area contributed by atoms with Gasteiger partial charge in [-0.1, -0.05) is 40.1 Å². The van der Waals surface area contributed by atoms with Crippen molar-refractivity contribution < 1.29 is 14.5 Å². The highest BCUT2D eigenvalue weighted by atomic mass is 16.6. The molecular formula is C15H21N3O3. The lowest BCUT2D eigenvalue weighted by atomic mass is 10.2. The minimum Gasteiger partial charge on any atom is -0.398 e. The summed E-state index contributed by atoms with van der Waals surface area (Å²) in [7, 11) is 4.64. The highest BCUT2D eigenvalue weighted by molar-refractivity contribution is 6.66. The van der Waals surface area contributed by atoms with Crippen molar-refractivity contribution in [3.05, 3.63) is 35.4 Å². The van der Waals surface area contributed by atoms with Gasteiger partial charge >= 0.3 is 0 Å². The van der Waals surface area contributed by atoms with Crippen molar-refractivity contribution in [3.8, 4) is 0 Å². The number of rotatable bonds is 6. The van der Waals surface area contributed by atoms with Crippen LogP contribution in [0.25, 0.3) is 0 Å². The molecule has 0 fully saturated rings. The summed E-state index contributed by atoms with van der Waals surface area (Å²) in [5, 5.41) is 7.62. The molecular weight excluding hydrogens is 270 g/mol. The van der Waals surface area contributed by atoms with E-state index in [1.807, 2.05) is 31.2 Å². The molecule has 0 heterocycles. The van der Waals surface area contributed by atoms with E-state index in [9.17, 15) is 4.79 Å². The Bertz CT molecular complexity index is 534. The molecule has 0 aliphatic heterocycles. The van der Waals surface area contributed by atoms with Gasteiger partial charge in [-0.2, -0.15) is 0 Å². The highest BCUT2D eigenvalue weighted by Crippen LogP contribution is 2.05. The van der Waals surface area contributed by atoms with E-state index in [0.29, 0.717) is 12.3 Å². The molecule has 0 aliphatic carbocycles. The fourth-order valence-corrected chi connectivity index (χ4v) is 1.49. The molecule has 6 heteroatoms. The largest absolute Gasteiger partial charge is 0.398 e. The van der Waals surface area contributed by atoms with E-state index in [2.05, 4.69) is 15.1 Å². The van der Waals surface area contributed by atoms with Crippen molar-refractivity contribution in [2.75, 3.05) is 21.2 Å². The molecule has 1 rings (SSSR count). The summed E-state index contributed by atoms with van der Waals surface area (Å²) < 4.78 is 0. The highest BCUT2D eigenvalue weighted by Gasteiger charge is 2.18. The maximum atomic E-state index is 11.9. The summed E-state index contributed by atoms with van der Waals surface area (Å²) in [6.45, 7) is 4.00. The molecule has 0 bridgehead atoms. The van der Waals surface area contributed by atoms with Gasteiger partial charge < -0.3 is 14.6 Å². The first kappa shape index (κ1) is 16.7. The van der Waals surface area contributed by atoms with Crippen molar-refractivity contribution in [2.24, 2.45) is 10.3 Å². The van der Waals surface area contributed by atoms with E-state index in [1.54, 1.807) is 21.0 Å². The number of hydrogen-bond donors (Lipinski definition) is 0. The van der Waals surface area contributed by atoms with Gasteiger partial charge in [-0.05, 0) is 19.4 Å². The normalized spacial score (nSPS) is 12.0. The standard InChI is InChI=1S/C15H21N3O3/c1-11-6-8-13(9-7-11)10-21-16-12(2)14(17-20-5)15(19)18(3)4/h6-9H,10H2,1-5H3. The first-order valence-electron chi connectivity index (χ1n) is 6.51. The van der Waals surface area contributed by atoms with E-state index in [-0.39, 0.29) is 11.6 Å². The molecule has 0 saturated heterocycles. The van der Waals surface area contributed by atoms with Crippen molar-refractivity contribution in [1.29, 1.82) is 0 Å². The number of hydrogen-bond acceptors (Lipinski definition) is 5. The van der Waals surface area contributed by atoms with E-state index >= 15 is 0 Å². The van der Waals surface area contributed by atoms with Gasteiger partial charge in [0.15, 0.2) is 5.71 Å². The van der Waals surface area contributed by atoms with Crippen LogP contribution >= 0.6 is 0 Å². The summed E-state index contributed by atoms with van der Waals surface area (Å²) in [5.74, 6) is -0.294. The second-order valence-electron chi connectivity index (χ2n) is 4.76. The molecule has 0 saturated carbocycles. The van der Waals surface area contributed by atoms with Gasteiger partial charge in [0, 0.05) is 14.1 Å². The maximum absolute atomic E-state index is 11.9. The third kappa shape index (κ3) is 5.25. The second kappa shape index (κ2) is 8.04. The number of carbonyl (C=O) groups is 1. The number of benzene rings is 1. The lowest BCUT2D eigenvalue weighted by Crippen LogP contribution is -2.34. The van der Waals surface area contributed by atoms with Crippen LogP contribution < -0.4 is 0 Å². The smallest absolute Gasteiger partial charge is 0.277 e. The molecule has 1 amide bonds. The number of nitrogens with zero attached hydrogens (tertiary/aromatic N) is 3. The monoisotopic (exact) mass is 291 g/mol. The third-order valence-corrected chi connectivity index (χ3v) is 2.69. The first-order valence-corrected chi connectivity index (χ1v) is 6.51. The number of aryl methyl sites for hydroxylation is 1. The van der Waals surface area contributed by atoms with Crippen LogP contribution in [-0.4, -0.2) is 43.4 Å². The fourth-order valence-electron chi connectivity index (χ4n) is 1.49. The molecule has 0 aliphatic rings. The Morgan fingerprint density at radius 1 is 1.19 bits per heavy atom. The molecule has 1 aromatic carbocycles. The minimum absolute atomic E-state index is 0.117. The quantitative estimate of drug-likeness (QED) is 0.594. The van der Waals surface area contributed by atoms with Gasteiger partial charge in [-0.15, -0.1) is 0 Å². The van der Waals surface area contributed by atoms with Crippen molar-refractivity contribution in [3.63, 3.8) is 0 Å². The van der Waals surface area contributed by atoms with Crippen LogP contribution in [0.5, 0.6) is 0 Å². The van der Waals surface area contributed by atoms with Crippen LogP contribution in [0.3, 0.4) is 0 Å². The molecule has 0 spiro atoms. The van der Waals surface area contributed by atoms with Gasteiger partial charge in [0.05, 0.1) is 0 Å². The Labute approximate surface area is 125 Å². The average molecular weight is 291 g/mol. The van der Waals surface area contributed by atoms with Gasteiger partial charge in [0.25, 0.3) is 5.91 Å². The zero-order valence-corrected chi connectivity index (χ0v) is 13.1. The Morgan fingerprint density at radius 3 is 2.33 bits per heavy atom.